The minimum atomic E-state index is -0.392. The van der Waals surface area contributed by atoms with Gasteiger partial charge in [-0.05, 0) is 42.3 Å². The Kier molecular flexibility index (Phi) is 4.21. The second kappa shape index (κ2) is 7.04. The number of aromatic nitrogens is 2. The molecular weight excluding hydrogens is 378 g/mol. The molecule has 0 saturated carbocycles. The molecule has 1 atom stereocenters. The van der Waals surface area contributed by atoms with E-state index in [1.807, 2.05) is 67.6 Å². The minimum Gasteiger partial charge on any atom is -0.322 e. The van der Waals surface area contributed by atoms with Crippen LogP contribution in [-0.2, 0) is 4.79 Å². The highest BCUT2D eigenvalue weighted by molar-refractivity contribution is 6.08. The van der Waals surface area contributed by atoms with E-state index < -0.39 is 5.92 Å². The van der Waals surface area contributed by atoms with Crippen LogP contribution in [-0.4, -0.2) is 21.4 Å². The van der Waals surface area contributed by atoms with Gasteiger partial charge in [-0.25, -0.2) is 4.52 Å². The van der Waals surface area contributed by atoms with Gasteiger partial charge in [-0.1, -0.05) is 36.4 Å². The van der Waals surface area contributed by atoms with E-state index >= 15 is 0 Å². The number of amides is 2. The summed E-state index contributed by atoms with van der Waals surface area (Å²) >= 11 is 0. The molecule has 1 unspecified atom stereocenters. The molecule has 30 heavy (non-hydrogen) atoms. The molecule has 0 fully saturated rings. The van der Waals surface area contributed by atoms with E-state index in [1.165, 1.54) is 0 Å². The summed E-state index contributed by atoms with van der Waals surface area (Å²) in [6.07, 6.45) is 10.8. The molecule has 1 N–H and O–H groups in total. The fraction of sp³-hybridized carbons (Fsp3) is 0.0870. The lowest BCUT2D eigenvalue weighted by Crippen LogP contribution is -2.17. The number of anilines is 1. The normalized spacial score (nSPS) is 17.5. The average molecular weight is 395 g/mol. The van der Waals surface area contributed by atoms with Gasteiger partial charge in [-0.15, -0.1) is 10.2 Å². The predicted octanol–water partition coefficient (Wildman–Crippen LogP) is 4.34. The lowest BCUT2D eigenvalue weighted by atomic mass is 9.88. The van der Waals surface area contributed by atoms with Crippen LogP contribution < -0.4 is 5.32 Å². The number of azo groups is 1. The van der Waals surface area contributed by atoms with E-state index in [2.05, 4.69) is 20.6 Å². The van der Waals surface area contributed by atoms with Crippen molar-refractivity contribution in [3.8, 4) is 0 Å². The van der Waals surface area contributed by atoms with Gasteiger partial charge in [0.15, 0.2) is 0 Å². The number of carbonyl (C=O) groups is 2. The van der Waals surface area contributed by atoms with Crippen LogP contribution in [0.4, 0.5) is 5.69 Å². The van der Waals surface area contributed by atoms with Gasteiger partial charge >= 0.3 is 0 Å². The summed E-state index contributed by atoms with van der Waals surface area (Å²) in [5, 5.41) is 15.1. The molecule has 0 radical (unpaired) electrons. The monoisotopic (exact) mass is 395 g/mol. The van der Waals surface area contributed by atoms with Crippen LogP contribution in [0.25, 0.3) is 11.2 Å². The SMILES string of the molecule is Cc1cc(NC(=O)c2cnn3ccccc23)ccc1C1=C2C=CC=CC2C(=O)N=N1. The predicted molar refractivity (Wildman–Crippen MR) is 113 cm³/mol. The molecule has 2 aromatic heterocycles. The van der Waals surface area contributed by atoms with Gasteiger partial charge in [0.25, 0.3) is 11.8 Å². The van der Waals surface area contributed by atoms with Crippen molar-refractivity contribution in [1.82, 2.24) is 9.61 Å². The van der Waals surface area contributed by atoms with Gasteiger partial charge < -0.3 is 5.32 Å². The first-order valence-corrected chi connectivity index (χ1v) is 9.51. The molecule has 0 bridgehead atoms. The van der Waals surface area contributed by atoms with Crippen molar-refractivity contribution in [1.29, 1.82) is 0 Å². The first-order chi connectivity index (χ1) is 14.6. The zero-order valence-electron chi connectivity index (χ0n) is 16.1. The smallest absolute Gasteiger partial charge is 0.276 e. The number of pyridine rings is 1. The zero-order valence-corrected chi connectivity index (χ0v) is 16.1. The van der Waals surface area contributed by atoms with E-state index in [0.29, 0.717) is 16.9 Å². The van der Waals surface area contributed by atoms with Gasteiger partial charge in [-0.3, -0.25) is 9.59 Å². The Labute approximate surface area is 172 Å². The van der Waals surface area contributed by atoms with Crippen molar-refractivity contribution in [3.05, 3.63) is 95.4 Å². The Morgan fingerprint density at radius 2 is 2.03 bits per heavy atom. The third-order valence-electron chi connectivity index (χ3n) is 5.22. The van der Waals surface area contributed by atoms with Crippen molar-refractivity contribution in [2.75, 3.05) is 5.32 Å². The van der Waals surface area contributed by atoms with Crippen molar-refractivity contribution < 1.29 is 9.59 Å². The molecule has 0 spiro atoms. The molecule has 2 amide bonds. The maximum atomic E-state index is 12.7. The third-order valence-corrected chi connectivity index (χ3v) is 5.22. The summed E-state index contributed by atoms with van der Waals surface area (Å²) in [6.45, 7) is 1.94. The van der Waals surface area contributed by atoms with Gasteiger partial charge in [0.1, 0.15) is 0 Å². The standard InChI is InChI=1S/C23H17N5O2/c1-14-12-15(25-22(29)19-13-24-28-11-5-4-8-20(19)28)9-10-16(14)21-17-6-2-3-7-18(17)23(30)27-26-21/h2-13,18H,1H3,(H,25,29). The molecule has 5 rings (SSSR count). The first-order valence-electron chi connectivity index (χ1n) is 9.51. The van der Waals surface area contributed by atoms with Gasteiger partial charge in [0, 0.05) is 17.4 Å². The molecule has 1 aliphatic carbocycles. The molecule has 146 valence electrons. The largest absolute Gasteiger partial charge is 0.322 e. The van der Waals surface area contributed by atoms with Crippen molar-refractivity contribution >= 4 is 28.7 Å². The summed E-state index contributed by atoms with van der Waals surface area (Å²) in [5.41, 5.74) is 5.23. The second-order valence-corrected chi connectivity index (χ2v) is 7.14. The van der Waals surface area contributed by atoms with E-state index in [9.17, 15) is 9.59 Å². The Morgan fingerprint density at radius 3 is 2.90 bits per heavy atom. The number of benzene rings is 1. The fourth-order valence-electron chi connectivity index (χ4n) is 3.73. The van der Waals surface area contributed by atoms with Crippen LogP contribution in [0.15, 0.2) is 88.9 Å². The first kappa shape index (κ1) is 17.9. The number of fused-ring (bicyclic) bond motifs is 2. The second-order valence-electron chi connectivity index (χ2n) is 7.14. The molecule has 3 heterocycles. The Balaban J connectivity index is 1.45. The number of aryl methyl sites for hydroxylation is 1. The molecule has 7 heteroatoms. The molecule has 1 aromatic carbocycles. The Bertz CT molecular complexity index is 1330. The van der Waals surface area contributed by atoms with Crippen LogP contribution in [0, 0.1) is 12.8 Å². The van der Waals surface area contributed by atoms with E-state index in [1.54, 1.807) is 16.9 Å². The number of hydrogen-bond donors (Lipinski definition) is 1. The summed E-state index contributed by atoms with van der Waals surface area (Å²) < 4.78 is 1.66. The lowest BCUT2D eigenvalue weighted by Gasteiger charge is -2.20. The van der Waals surface area contributed by atoms with Crippen LogP contribution in [0.1, 0.15) is 21.5 Å². The topological polar surface area (TPSA) is 88.2 Å². The maximum Gasteiger partial charge on any atom is 0.276 e. The van der Waals surface area contributed by atoms with Crippen LogP contribution in [0.2, 0.25) is 0 Å². The number of hydrogen-bond acceptors (Lipinski definition) is 4. The highest BCUT2D eigenvalue weighted by Crippen LogP contribution is 2.35. The summed E-state index contributed by atoms with van der Waals surface area (Å²) in [6, 6.07) is 11.2. The van der Waals surface area contributed by atoms with Crippen LogP contribution >= 0.6 is 0 Å². The number of carbonyl (C=O) groups excluding carboxylic acids is 2. The molecule has 1 aliphatic heterocycles. The van der Waals surface area contributed by atoms with Gasteiger partial charge in [-0.2, -0.15) is 5.10 Å². The molecule has 0 saturated heterocycles. The highest BCUT2D eigenvalue weighted by atomic mass is 16.2. The fourth-order valence-corrected chi connectivity index (χ4v) is 3.73. The number of allylic oxidation sites excluding steroid dienone is 3. The van der Waals surface area contributed by atoms with E-state index in [4.69, 9.17) is 0 Å². The quantitative estimate of drug-likeness (QED) is 0.715. The Hall–Kier alpha value is -4.13. The van der Waals surface area contributed by atoms with Crippen molar-refractivity contribution in [2.24, 2.45) is 16.1 Å². The summed E-state index contributed by atoms with van der Waals surface area (Å²) in [5.74, 6) is -0.880. The molecular formula is C23H17N5O2. The molecule has 3 aromatic rings. The van der Waals surface area contributed by atoms with Crippen molar-refractivity contribution in [2.45, 2.75) is 6.92 Å². The number of nitrogens with one attached hydrogen (secondary N) is 1. The zero-order chi connectivity index (χ0) is 20.7. The van der Waals surface area contributed by atoms with E-state index in [0.717, 1.165) is 22.2 Å². The van der Waals surface area contributed by atoms with Crippen LogP contribution in [0.3, 0.4) is 0 Å². The lowest BCUT2D eigenvalue weighted by molar-refractivity contribution is -0.119. The maximum absolute atomic E-state index is 12.7. The van der Waals surface area contributed by atoms with Gasteiger partial charge in [0.2, 0.25) is 0 Å². The minimum absolute atomic E-state index is 0.228. The van der Waals surface area contributed by atoms with Crippen molar-refractivity contribution in [3.63, 3.8) is 0 Å². The average Bonchev–Trinajstić information content (AvgIpc) is 3.19. The number of nitrogens with zero attached hydrogens (tertiary/aromatic N) is 4. The van der Waals surface area contributed by atoms with Crippen LogP contribution in [0.5, 0.6) is 0 Å². The summed E-state index contributed by atoms with van der Waals surface area (Å²) in [7, 11) is 0. The number of rotatable bonds is 3. The third kappa shape index (κ3) is 2.97. The van der Waals surface area contributed by atoms with Gasteiger partial charge in [0.05, 0.1) is 28.9 Å². The Morgan fingerprint density at radius 1 is 1.13 bits per heavy atom. The summed E-state index contributed by atoms with van der Waals surface area (Å²) in [4.78, 5) is 24.8. The molecule has 7 nitrogen and oxygen atoms in total. The highest BCUT2D eigenvalue weighted by Gasteiger charge is 2.28. The molecule has 2 aliphatic rings. The van der Waals surface area contributed by atoms with E-state index in [-0.39, 0.29) is 11.8 Å².